The van der Waals surface area contributed by atoms with E-state index in [-0.39, 0.29) is 28.4 Å². The first-order chi connectivity index (χ1) is 9.80. The molecule has 0 radical (unpaired) electrons. The molecular formula is C14H19FN2O3S. The Labute approximate surface area is 123 Å². The third kappa shape index (κ3) is 2.33. The summed E-state index contributed by atoms with van der Waals surface area (Å²) in [5.74, 6) is -0.578. The van der Waals surface area contributed by atoms with Crippen molar-refractivity contribution in [1.82, 2.24) is 4.31 Å². The van der Waals surface area contributed by atoms with Gasteiger partial charge in [-0.3, -0.25) is 0 Å². The van der Waals surface area contributed by atoms with Crippen LogP contribution in [0.3, 0.4) is 0 Å². The zero-order valence-electron chi connectivity index (χ0n) is 12.1. The number of morpholine rings is 1. The first-order valence-corrected chi connectivity index (χ1v) is 8.45. The SMILES string of the molecule is Cc1cc(F)c(N)c(C)c1S(=O)(=O)N1CC2CCC(C1)O2. The van der Waals surface area contributed by atoms with Crippen molar-refractivity contribution >= 4 is 15.7 Å². The van der Waals surface area contributed by atoms with Crippen LogP contribution in [0.15, 0.2) is 11.0 Å². The molecule has 0 spiro atoms. The fourth-order valence-electron chi connectivity index (χ4n) is 3.23. The van der Waals surface area contributed by atoms with Crippen molar-refractivity contribution in [2.75, 3.05) is 18.8 Å². The lowest BCUT2D eigenvalue weighted by Gasteiger charge is -2.32. The first kappa shape index (κ1) is 14.7. The van der Waals surface area contributed by atoms with Gasteiger partial charge >= 0.3 is 0 Å². The molecule has 2 aliphatic heterocycles. The van der Waals surface area contributed by atoms with E-state index in [1.165, 1.54) is 10.4 Å². The van der Waals surface area contributed by atoms with Crippen LogP contribution < -0.4 is 5.73 Å². The number of anilines is 1. The molecule has 2 unspecified atom stereocenters. The number of hydrogen-bond donors (Lipinski definition) is 1. The normalized spacial score (nSPS) is 26.2. The van der Waals surface area contributed by atoms with E-state index >= 15 is 0 Å². The van der Waals surface area contributed by atoms with Gasteiger partial charge in [-0.15, -0.1) is 0 Å². The summed E-state index contributed by atoms with van der Waals surface area (Å²) < 4.78 is 46.6. The van der Waals surface area contributed by atoms with Gasteiger partial charge < -0.3 is 10.5 Å². The summed E-state index contributed by atoms with van der Waals surface area (Å²) >= 11 is 0. The Morgan fingerprint density at radius 1 is 1.29 bits per heavy atom. The van der Waals surface area contributed by atoms with Crippen molar-refractivity contribution in [3.63, 3.8) is 0 Å². The third-order valence-electron chi connectivity index (χ3n) is 4.31. The minimum atomic E-state index is -3.68. The van der Waals surface area contributed by atoms with Crippen LogP contribution in [0.25, 0.3) is 0 Å². The van der Waals surface area contributed by atoms with Gasteiger partial charge in [0, 0.05) is 13.1 Å². The maximum Gasteiger partial charge on any atom is 0.243 e. The van der Waals surface area contributed by atoms with E-state index in [0.29, 0.717) is 18.7 Å². The van der Waals surface area contributed by atoms with E-state index in [4.69, 9.17) is 10.5 Å². The second kappa shape index (κ2) is 4.93. The number of nitrogens with two attached hydrogens (primary N) is 1. The highest BCUT2D eigenvalue weighted by Gasteiger charge is 2.40. The molecule has 2 aliphatic rings. The van der Waals surface area contributed by atoms with Crippen LogP contribution in [0.1, 0.15) is 24.0 Å². The minimum Gasteiger partial charge on any atom is -0.396 e. The summed E-state index contributed by atoms with van der Waals surface area (Å²) in [6.45, 7) is 3.86. The zero-order valence-corrected chi connectivity index (χ0v) is 12.9. The first-order valence-electron chi connectivity index (χ1n) is 7.01. The zero-order chi connectivity index (χ0) is 15.4. The molecular weight excluding hydrogens is 295 g/mol. The van der Waals surface area contributed by atoms with E-state index in [0.717, 1.165) is 12.8 Å². The van der Waals surface area contributed by atoms with Crippen LogP contribution in [0.5, 0.6) is 0 Å². The number of halogens is 1. The molecule has 2 fully saturated rings. The van der Waals surface area contributed by atoms with E-state index in [1.54, 1.807) is 13.8 Å². The molecule has 0 aliphatic carbocycles. The molecule has 2 N–H and O–H groups in total. The topological polar surface area (TPSA) is 72.6 Å². The summed E-state index contributed by atoms with van der Waals surface area (Å²) in [6, 6.07) is 1.18. The standard InChI is InChI=1S/C14H19FN2O3S/c1-8-5-12(15)13(16)9(2)14(8)21(18,19)17-6-10-3-4-11(7-17)20-10/h5,10-11H,3-4,6-7,16H2,1-2H3. The lowest BCUT2D eigenvalue weighted by Crippen LogP contribution is -2.46. The van der Waals surface area contributed by atoms with Crippen LogP contribution in [0.2, 0.25) is 0 Å². The van der Waals surface area contributed by atoms with Gasteiger partial charge in [-0.1, -0.05) is 0 Å². The number of nitrogen functional groups attached to an aromatic ring is 1. The van der Waals surface area contributed by atoms with Crippen molar-refractivity contribution in [2.45, 2.75) is 43.8 Å². The maximum absolute atomic E-state index is 13.6. The van der Waals surface area contributed by atoms with Crippen molar-refractivity contribution in [3.8, 4) is 0 Å². The molecule has 116 valence electrons. The molecule has 1 aromatic carbocycles. The monoisotopic (exact) mass is 314 g/mol. The van der Waals surface area contributed by atoms with Gasteiger partial charge in [-0.2, -0.15) is 4.31 Å². The Morgan fingerprint density at radius 3 is 2.43 bits per heavy atom. The predicted molar refractivity (Wildman–Crippen MR) is 76.9 cm³/mol. The quantitative estimate of drug-likeness (QED) is 0.841. The Balaban J connectivity index is 2.05. The summed E-state index contributed by atoms with van der Waals surface area (Å²) in [5.41, 5.74) is 6.23. The highest BCUT2D eigenvalue weighted by atomic mass is 32.2. The number of hydrogen-bond acceptors (Lipinski definition) is 4. The molecule has 7 heteroatoms. The van der Waals surface area contributed by atoms with Crippen LogP contribution in [0, 0.1) is 19.7 Å². The average molecular weight is 314 g/mol. The van der Waals surface area contributed by atoms with Crippen molar-refractivity contribution in [2.24, 2.45) is 0 Å². The molecule has 2 heterocycles. The van der Waals surface area contributed by atoms with Gasteiger partial charge in [0.25, 0.3) is 0 Å². The molecule has 2 saturated heterocycles. The van der Waals surface area contributed by atoms with Gasteiger partial charge in [-0.05, 0) is 43.9 Å². The fraction of sp³-hybridized carbons (Fsp3) is 0.571. The summed E-state index contributed by atoms with van der Waals surface area (Å²) in [5, 5.41) is 0. The molecule has 2 atom stereocenters. The van der Waals surface area contributed by atoms with Crippen LogP contribution in [-0.4, -0.2) is 38.0 Å². The molecule has 1 aromatic rings. The van der Waals surface area contributed by atoms with E-state index in [9.17, 15) is 12.8 Å². The number of rotatable bonds is 2. The van der Waals surface area contributed by atoms with Crippen LogP contribution >= 0.6 is 0 Å². The Hall–Kier alpha value is -1.18. The predicted octanol–water partition coefficient (Wildman–Crippen LogP) is 1.58. The summed E-state index contributed by atoms with van der Waals surface area (Å²) in [4.78, 5) is 0.128. The molecule has 21 heavy (non-hydrogen) atoms. The summed E-state index contributed by atoms with van der Waals surface area (Å²) in [7, 11) is -3.68. The molecule has 0 amide bonds. The van der Waals surface area contributed by atoms with E-state index in [1.807, 2.05) is 0 Å². The second-order valence-electron chi connectivity index (χ2n) is 5.82. The van der Waals surface area contributed by atoms with E-state index < -0.39 is 15.8 Å². The highest BCUT2D eigenvalue weighted by molar-refractivity contribution is 7.89. The third-order valence-corrected chi connectivity index (χ3v) is 6.43. The largest absolute Gasteiger partial charge is 0.396 e. The number of fused-ring (bicyclic) bond motifs is 2. The summed E-state index contributed by atoms with van der Waals surface area (Å²) in [6.07, 6.45) is 1.72. The minimum absolute atomic E-state index is 0.0306. The van der Waals surface area contributed by atoms with Gasteiger partial charge in [0.15, 0.2) is 0 Å². The Bertz CT molecular complexity index is 678. The van der Waals surface area contributed by atoms with Gasteiger partial charge in [0.1, 0.15) is 5.82 Å². The average Bonchev–Trinajstić information content (AvgIpc) is 2.74. The molecule has 2 bridgehead atoms. The van der Waals surface area contributed by atoms with Gasteiger partial charge in [0.2, 0.25) is 10.0 Å². The number of benzene rings is 1. The highest BCUT2D eigenvalue weighted by Crippen LogP contribution is 2.34. The Morgan fingerprint density at radius 2 is 1.86 bits per heavy atom. The molecule has 3 rings (SSSR count). The van der Waals surface area contributed by atoms with E-state index in [2.05, 4.69) is 0 Å². The molecule has 0 saturated carbocycles. The van der Waals surface area contributed by atoms with Crippen LogP contribution in [0.4, 0.5) is 10.1 Å². The van der Waals surface area contributed by atoms with Gasteiger partial charge in [-0.25, -0.2) is 12.8 Å². The number of nitrogens with zero attached hydrogens (tertiary/aromatic N) is 1. The smallest absolute Gasteiger partial charge is 0.243 e. The second-order valence-corrected chi connectivity index (χ2v) is 7.70. The molecule has 0 aromatic heterocycles. The number of sulfonamides is 1. The Kier molecular flexibility index (Phi) is 3.46. The number of aryl methyl sites for hydroxylation is 1. The lowest BCUT2D eigenvalue weighted by atomic mass is 10.1. The maximum atomic E-state index is 13.6. The van der Waals surface area contributed by atoms with Gasteiger partial charge in [0.05, 0.1) is 22.8 Å². The van der Waals surface area contributed by atoms with Crippen molar-refractivity contribution in [3.05, 3.63) is 23.0 Å². The molecule has 5 nitrogen and oxygen atoms in total. The lowest BCUT2D eigenvalue weighted by molar-refractivity contribution is -0.0114. The van der Waals surface area contributed by atoms with Crippen molar-refractivity contribution < 1.29 is 17.5 Å². The van der Waals surface area contributed by atoms with Crippen LogP contribution in [-0.2, 0) is 14.8 Å². The number of ether oxygens (including phenoxy) is 1. The van der Waals surface area contributed by atoms with Crippen molar-refractivity contribution in [1.29, 1.82) is 0 Å². The fourth-order valence-corrected chi connectivity index (χ4v) is 5.18.